The van der Waals surface area contributed by atoms with Gasteiger partial charge in [-0.3, -0.25) is 4.79 Å². The monoisotopic (exact) mass is 415 g/mol. The Balaban J connectivity index is 2.28. The smallest absolute Gasteiger partial charge is 0.456 e. The summed E-state index contributed by atoms with van der Waals surface area (Å²) in [6.45, 7) is -0.149. The van der Waals surface area contributed by atoms with Crippen molar-refractivity contribution in [1.82, 2.24) is 15.0 Å². The first-order chi connectivity index (χ1) is 12.0. The Labute approximate surface area is 153 Å². The van der Waals surface area contributed by atoms with Gasteiger partial charge in [-0.1, -0.05) is 18.5 Å². The number of hydrogen-bond acceptors (Lipinski definition) is 5. The zero-order chi connectivity index (χ0) is 19.5. The van der Waals surface area contributed by atoms with Gasteiger partial charge in [0, 0.05) is 4.90 Å². The number of pyridine rings is 1. The van der Waals surface area contributed by atoms with E-state index in [1.54, 1.807) is 6.07 Å². The summed E-state index contributed by atoms with van der Waals surface area (Å²) >= 11 is 7.22. The summed E-state index contributed by atoms with van der Waals surface area (Å²) in [6, 6.07) is 3.20. The van der Waals surface area contributed by atoms with Gasteiger partial charge in [-0.2, -0.15) is 22.0 Å². The van der Waals surface area contributed by atoms with Gasteiger partial charge in [-0.25, -0.2) is 9.97 Å². The van der Waals surface area contributed by atoms with E-state index in [1.165, 1.54) is 17.8 Å². The highest BCUT2D eigenvalue weighted by Crippen LogP contribution is 2.35. The van der Waals surface area contributed by atoms with E-state index in [1.807, 2.05) is 6.92 Å². The van der Waals surface area contributed by atoms with Gasteiger partial charge in [0.2, 0.25) is 5.75 Å². The average Bonchev–Trinajstić information content (AvgIpc) is 2.54. The van der Waals surface area contributed by atoms with Crippen LogP contribution in [0.3, 0.4) is 0 Å². The quantitative estimate of drug-likeness (QED) is 0.435. The van der Waals surface area contributed by atoms with E-state index in [0.29, 0.717) is 10.6 Å². The normalized spacial score (nSPS) is 12.3. The molecule has 5 nitrogen and oxygen atoms in total. The van der Waals surface area contributed by atoms with E-state index in [2.05, 4.69) is 19.7 Å². The molecule has 142 valence electrons. The molecule has 0 unspecified atom stereocenters. The van der Waals surface area contributed by atoms with E-state index in [-0.39, 0.29) is 16.7 Å². The maximum absolute atomic E-state index is 12.9. The summed E-state index contributed by atoms with van der Waals surface area (Å²) in [5.41, 5.74) is -0.782. The van der Waals surface area contributed by atoms with Crippen LogP contribution in [-0.4, -0.2) is 39.4 Å². The minimum absolute atomic E-state index is 0.0246. The van der Waals surface area contributed by atoms with Gasteiger partial charge < -0.3 is 9.72 Å². The number of ether oxygens (including phenoxy) is 1. The number of hydrogen-bond donors (Lipinski definition) is 1. The van der Waals surface area contributed by atoms with Crippen molar-refractivity contribution in [2.75, 3.05) is 12.4 Å². The molecule has 0 radical (unpaired) electrons. The number of alkyl halides is 5. The van der Waals surface area contributed by atoms with Gasteiger partial charge in [0.05, 0.1) is 6.20 Å². The second kappa shape index (κ2) is 7.78. The summed E-state index contributed by atoms with van der Waals surface area (Å²) in [7, 11) is 0. The Kier molecular flexibility index (Phi) is 6.12. The maximum atomic E-state index is 12.9. The summed E-state index contributed by atoms with van der Waals surface area (Å²) in [4.78, 5) is 22.7. The van der Waals surface area contributed by atoms with Crippen molar-refractivity contribution < 1.29 is 26.7 Å². The first kappa shape index (κ1) is 20.4. The van der Waals surface area contributed by atoms with E-state index >= 15 is 0 Å². The van der Waals surface area contributed by atoms with E-state index in [4.69, 9.17) is 11.6 Å². The molecule has 0 fully saturated rings. The lowest BCUT2D eigenvalue weighted by Crippen LogP contribution is -2.42. The lowest BCUT2D eigenvalue weighted by Gasteiger charge is -2.19. The van der Waals surface area contributed by atoms with Gasteiger partial charge in [0.25, 0.3) is 5.56 Å². The number of halogens is 6. The Morgan fingerprint density at radius 1 is 1.27 bits per heavy atom. The van der Waals surface area contributed by atoms with Crippen LogP contribution in [0, 0.1) is 0 Å². The maximum Gasteiger partial charge on any atom is 0.456 e. The number of nitrogens with one attached hydrogen (secondary N) is 1. The number of H-pyrrole nitrogens is 1. The number of rotatable bonds is 6. The molecule has 0 aromatic carbocycles. The molecule has 2 heterocycles. The van der Waals surface area contributed by atoms with E-state index in [9.17, 15) is 26.7 Å². The number of nitrogens with zero attached hydrogens (tertiary/aromatic N) is 2. The summed E-state index contributed by atoms with van der Waals surface area (Å²) in [6.07, 6.45) is -5.03. The van der Waals surface area contributed by atoms with E-state index < -0.39 is 30.0 Å². The molecule has 0 spiro atoms. The molecule has 0 atom stereocenters. The molecular weight excluding hydrogens is 405 g/mol. The molecule has 12 heteroatoms. The predicted molar refractivity (Wildman–Crippen MR) is 86.0 cm³/mol. The van der Waals surface area contributed by atoms with Crippen LogP contribution in [0.5, 0.6) is 5.75 Å². The van der Waals surface area contributed by atoms with Crippen molar-refractivity contribution in [2.45, 2.75) is 23.9 Å². The van der Waals surface area contributed by atoms with Crippen LogP contribution in [0.25, 0.3) is 11.5 Å². The topological polar surface area (TPSA) is 67.9 Å². The molecule has 0 saturated heterocycles. The first-order valence-corrected chi connectivity index (χ1v) is 8.38. The Hall–Kier alpha value is -1.88. The van der Waals surface area contributed by atoms with Crippen LogP contribution >= 0.6 is 23.4 Å². The molecule has 0 amide bonds. The van der Waals surface area contributed by atoms with Gasteiger partial charge >= 0.3 is 12.1 Å². The van der Waals surface area contributed by atoms with Gasteiger partial charge in [-0.15, -0.1) is 11.8 Å². The van der Waals surface area contributed by atoms with Crippen LogP contribution in [-0.2, 0) is 0 Å². The summed E-state index contributed by atoms with van der Waals surface area (Å²) < 4.78 is 66.4. The Morgan fingerprint density at radius 3 is 2.54 bits per heavy atom. The van der Waals surface area contributed by atoms with Crippen molar-refractivity contribution in [1.29, 1.82) is 0 Å². The van der Waals surface area contributed by atoms with Crippen molar-refractivity contribution >= 4 is 23.4 Å². The Morgan fingerprint density at radius 2 is 1.96 bits per heavy atom. The second-order valence-corrected chi connectivity index (χ2v) is 6.52. The highest BCUT2D eigenvalue weighted by molar-refractivity contribution is 7.99. The van der Waals surface area contributed by atoms with Crippen LogP contribution in [0.1, 0.15) is 6.92 Å². The fourth-order valence-electron chi connectivity index (χ4n) is 1.72. The molecule has 0 saturated carbocycles. The minimum atomic E-state index is -5.79. The van der Waals surface area contributed by atoms with Crippen molar-refractivity contribution in [3.05, 3.63) is 33.8 Å². The highest BCUT2D eigenvalue weighted by Gasteiger charge is 2.58. The zero-order valence-electron chi connectivity index (χ0n) is 13.0. The van der Waals surface area contributed by atoms with E-state index in [0.717, 1.165) is 6.20 Å². The molecule has 2 aromatic heterocycles. The summed E-state index contributed by atoms with van der Waals surface area (Å²) in [5.74, 6) is -5.21. The van der Waals surface area contributed by atoms with Crippen molar-refractivity contribution in [2.24, 2.45) is 0 Å². The minimum Gasteiger partial charge on any atom is -0.480 e. The molecule has 0 bridgehead atoms. The molecule has 0 aliphatic heterocycles. The second-order valence-electron chi connectivity index (χ2n) is 4.83. The lowest BCUT2D eigenvalue weighted by molar-refractivity contribution is -0.290. The van der Waals surface area contributed by atoms with Crippen LogP contribution in [0.4, 0.5) is 22.0 Å². The predicted octanol–water partition coefficient (Wildman–Crippen LogP) is 4.17. The molecule has 0 aliphatic rings. The third-order valence-electron chi connectivity index (χ3n) is 2.94. The van der Waals surface area contributed by atoms with Crippen molar-refractivity contribution in [3.8, 4) is 17.3 Å². The number of aromatic nitrogens is 3. The van der Waals surface area contributed by atoms with Crippen molar-refractivity contribution in [3.63, 3.8) is 0 Å². The van der Waals surface area contributed by atoms with Gasteiger partial charge in [0.15, 0.2) is 12.4 Å². The van der Waals surface area contributed by atoms with Gasteiger partial charge in [-0.05, 0) is 17.9 Å². The van der Waals surface area contributed by atoms with Crippen LogP contribution in [0.15, 0.2) is 28.0 Å². The van der Waals surface area contributed by atoms with Crippen LogP contribution < -0.4 is 10.3 Å². The average molecular weight is 416 g/mol. The molecular formula is C14H11ClF5N3O2S. The SMILES string of the molecule is CCSc1ccc(Cl)nc1-c1ncc(OCC(F)(F)C(F)(F)F)c(=O)[nH]1. The number of aromatic amines is 1. The first-order valence-electron chi connectivity index (χ1n) is 7.01. The zero-order valence-corrected chi connectivity index (χ0v) is 14.6. The molecule has 2 rings (SSSR count). The summed E-state index contributed by atoms with van der Waals surface area (Å²) in [5, 5.41) is 0.133. The standard InChI is InChI=1S/C14H11ClF5N3O2S/c1-2-26-8-3-4-9(15)22-10(8)11-21-5-7(12(24)23-11)25-6-13(16,17)14(18,19)20/h3-5H,2,6H2,1H3,(H,21,23,24). The fourth-order valence-corrected chi connectivity index (χ4v) is 2.62. The third-order valence-corrected chi connectivity index (χ3v) is 4.08. The van der Waals surface area contributed by atoms with Crippen LogP contribution in [0.2, 0.25) is 5.15 Å². The van der Waals surface area contributed by atoms with Gasteiger partial charge in [0.1, 0.15) is 10.8 Å². The highest BCUT2D eigenvalue weighted by atomic mass is 35.5. The molecule has 0 aliphatic carbocycles. The fraction of sp³-hybridized carbons (Fsp3) is 0.357. The molecule has 1 N–H and O–H groups in total. The third kappa shape index (κ3) is 4.64. The molecule has 2 aromatic rings. The molecule has 26 heavy (non-hydrogen) atoms. The Bertz CT molecular complexity index is 844. The lowest BCUT2D eigenvalue weighted by atomic mass is 10.3. The largest absolute Gasteiger partial charge is 0.480 e. The number of thioether (sulfide) groups is 1.